The number of rotatable bonds is 5. The van der Waals surface area contributed by atoms with Crippen LogP contribution >= 0.6 is 0 Å². The first kappa shape index (κ1) is 17.3. The number of amides is 1. The molecule has 0 saturated heterocycles. The average molecular weight is 372 g/mol. The molecule has 1 aromatic carbocycles. The summed E-state index contributed by atoms with van der Waals surface area (Å²) in [4.78, 5) is 19.3. The van der Waals surface area contributed by atoms with Gasteiger partial charge >= 0.3 is 0 Å². The third-order valence-electron chi connectivity index (χ3n) is 4.79. The number of hydrogen-bond acceptors (Lipinski definition) is 4. The van der Waals surface area contributed by atoms with Gasteiger partial charge in [-0.2, -0.15) is 0 Å². The van der Waals surface area contributed by atoms with Crippen LogP contribution in [0.3, 0.4) is 0 Å². The van der Waals surface area contributed by atoms with Gasteiger partial charge in [-0.1, -0.05) is 18.9 Å². The van der Waals surface area contributed by atoms with Crippen LogP contribution in [-0.2, 0) is 0 Å². The molecule has 0 bridgehead atoms. The van der Waals surface area contributed by atoms with Gasteiger partial charge in [0.15, 0.2) is 23.3 Å². The third-order valence-corrected chi connectivity index (χ3v) is 4.79. The minimum Gasteiger partial charge on any atom is -0.349 e. The van der Waals surface area contributed by atoms with Gasteiger partial charge in [-0.05, 0) is 30.9 Å². The van der Waals surface area contributed by atoms with Crippen molar-refractivity contribution >= 4 is 5.91 Å². The number of carbonyl (C=O) groups is 1. The molecule has 0 spiro atoms. The van der Waals surface area contributed by atoms with E-state index in [1.165, 1.54) is 42.1 Å². The lowest BCUT2D eigenvalue weighted by Crippen LogP contribution is -2.29. The summed E-state index contributed by atoms with van der Waals surface area (Å²) in [7, 11) is 0. The Morgan fingerprint density at radius 3 is 2.93 bits per heavy atom. The molecular formula is C18H18F2N6O. The van der Waals surface area contributed by atoms with Gasteiger partial charge in [-0.3, -0.25) is 9.36 Å². The Bertz CT molecular complexity index is 960. The maximum absolute atomic E-state index is 14.1. The highest BCUT2D eigenvalue weighted by molar-refractivity contribution is 5.91. The predicted octanol–water partition coefficient (Wildman–Crippen LogP) is 2.86. The van der Waals surface area contributed by atoms with Crippen LogP contribution in [0.4, 0.5) is 8.78 Å². The number of hydrogen-bond donors (Lipinski definition) is 2. The van der Waals surface area contributed by atoms with Gasteiger partial charge in [0.05, 0.1) is 5.69 Å². The molecule has 1 fully saturated rings. The van der Waals surface area contributed by atoms with Crippen LogP contribution in [0.15, 0.2) is 30.7 Å². The van der Waals surface area contributed by atoms with E-state index in [4.69, 9.17) is 0 Å². The Morgan fingerprint density at radius 1 is 1.30 bits per heavy atom. The molecule has 0 atom stereocenters. The molecule has 0 radical (unpaired) electrons. The van der Waals surface area contributed by atoms with Gasteiger partial charge in [0.2, 0.25) is 0 Å². The number of nitrogens with one attached hydrogen (secondary N) is 2. The van der Waals surface area contributed by atoms with Gasteiger partial charge in [0, 0.05) is 12.7 Å². The summed E-state index contributed by atoms with van der Waals surface area (Å²) in [6.07, 6.45) is 7.43. The topological polar surface area (TPSA) is 88.5 Å². The van der Waals surface area contributed by atoms with Crippen molar-refractivity contribution in [1.82, 2.24) is 30.0 Å². The lowest BCUT2D eigenvalue weighted by molar-refractivity contribution is 0.0938. The summed E-state index contributed by atoms with van der Waals surface area (Å²) in [6, 6.07) is 3.83. The predicted molar refractivity (Wildman–Crippen MR) is 93.1 cm³/mol. The van der Waals surface area contributed by atoms with Crippen LogP contribution in [0.2, 0.25) is 0 Å². The van der Waals surface area contributed by atoms with Crippen LogP contribution in [0.25, 0.3) is 17.2 Å². The molecule has 1 amide bonds. The summed E-state index contributed by atoms with van der Waals surface area (Å²) in [5, 5.41) is 10.6. The molecule has 0 aliphatic heterocycles. The number of H-pyrrole nitrogens is 1. The number of carbonyl (C=O) groups excluding carboxylic acids is 1. The molecule has 9 heteroatoms. The number of imidazole rings is 1. The van der Waals surface area contributed by atoms with Gasteiger partial charge in [0.25, 0.3) is 5.91 Å². The minimum absolute atomic E-state index is 0.0368. The van der Waals surface area contributed by atoms with Crippen molar-refractivity contribution in [2.45, 2.75) is 25.7 Å². The van der Waals surface area contributed by atoms with Gasteiger partial charge < -0.3 is 10.3 Å². The highest BCUT2D eigenvalue weighted by Crippen LogP contribution is 2.24. The monoisotopic (exact) mass is 372 g/mol. The number of benzene rings is 1. The third kappa shape index (κ3) is 3.44. The molecule has 2 heterocycles. The summed E-state index contributed by atoms with van der Waals surface area (Å²) in [5.74, 6) is -1.44. The van der Waals surface area contributed by atoms with Crippen molar-refractivity contribution in [3.63, 3.8) is 0 Å². The quantitative estimate of drug-likeness (QED) is 0.721. The summed E-state index contributed by atoms with van der Waals surface area (Å²) in [5.41, 5.74) is 0.271. The Labute approximate surface area is 153 Å². The molecule has 0 unspecified atom stereocenters. The second kappa shape index (κ2) is 7.26. The van der Waals surface area contributed by atoms with E-state index >= 15 is 0 Å². The van der Waals surface area contributed by atoms with Crippen LogP contribution < -0.4 is 5.32 Å². The smallest absolute Gasteiger partial charge is 0.287 e. The van der Waals surface area contributed by atoms with E-state index in [0.717, 1.165) is 18.9 Å². The van der Waals surface area contributed by atoms with E-state index in [1.54, 1.807) is 0 Å². The van der Waals surface area contributed by atoms with E-state index in [2.05, 4.69) is 25.5 Å². The Kier molecular flexibility index (Phi) is 4.66. The minimum atomic E-state index is -1.01. The van der Waals surface area contributed by atoms with E-state index in [0.29, 0.717) is 18.2 Å². The fourth-order valence-electron chi connectivity index (χ4n) is 3.35. The van der Waals surface area contributed by atoms with E-state index in [-0.39, 0.29) is 23.2 Å². The number of nitrogens with zero attached hydrogens (tertiary/aromatic N) is 4. The van der Waals surface area contributed by atoms with Crippen molar-refractivity contribution < 1.29 is 13.6 Å². The summed E-state index contributed by atoms with van der Waals surface area (Å²) >= 11 is 0. The molecule has 3 aromatic rings. The Morgan fingerprint density at radius 2 is 2.11 bits per heavy atom. The first-order valence-electron chi connectivity index (χ1n) is 8.82. The van der Waals surface area contributed by atoms with E-state index in [1.807, 2.05) is 0 Å². The van der Waals surface area contributed by atoms with E-state index < -0.39 is 11.6 Å². The highest BCUT2D eigenvalue weighted by Gasteiger charge is 2.20. The number of aromatic nitrogens is 5. The zero-order valence-corrected chi connectivity index (χ0v) is 14.5. The summed E-state index contributed by atoms with van der Waals surface area (Å²) < 4.78 is 28.9. The molecule has 2 N–H and O–H groups in total. The second-order valence-corrected chi connectivity index (χ2v) is 6.59. The normalized spacial score (nSPS) is 14.6. The number of aromatic amines is 1. The van der Waals surface area contributed by atoms with Crippen molar-refractivity contribution in [2.75, 3.05) is 6.54 Å². The van der Waals surface area contributed by atoms with Crippen molar-refractivity contribution in [1.29, 1.82) is 0 Å². The second-order valence-electron chi connectivity index (χ2n) is 6.59. The Balaban J connectivity index is 1.55. The van der Waals surface area contributed by atoms with Crippen molar-refractivity contribution in [3.05, 3.63) is 48.2 Å². The highest BCUT2D eigenvalue weighted by atomic mass is 19.2. The molecule has 140 valence electrons. The molecule has 4 rings (SSSR count). The first-order valence-corrected chi connectivity index (χ1v) is 8.82. The van der Waals surface area contributed by atoms with Gasteiger partial charge in [-0.15, -0.1) is 10.2 Å². The van der Waals surface area contributed by atoms with Gasteiger partial charge in [0.1, 0.15) is 12.0 Å². The zero-order chi connectivity index (χ0) is 18.8. The van der Waals surface area contributed by atoms with Crippen LogP contribution in [0, 0.1) is 17.6 Å². The van der Waals surface area contributed by atoms with Crippen LogP contribution in [0.1, 0.15) is 36.3 Å². The standard InChI is InChI=1S/C18H18F2N6O/c19-12-6-3-7-14(15(12)20)26-10-23-25-17(26)13-9-21-16(24-13)18(27)22-8-11-4-1-2-5-11/h3,6-7,9-11H,1-2,4-5,8H2,(H,21,24)(H,22,27). The summed E-state index contributed by atoms with van der Waals surface area (Å²) in [6.45, 7) is 0.625. The van der Waals surface area contributed by atoms with Crippen molar-refractivity contribution in [2.24, 2.45) is 5.92 Å². The number of halogens is 2. The fourth-order valence-corrected chi connectivity index (χ4v) is 3.35. The molecule has 1 aliphatic carbocycles. The lowest BCUT2D eigenvalue weighted by Gasteiger charge is -2.09. The molecular weight excluding hydrogens is 354 g/mol. The van der Waals surface area contributed by atoms with Crippen LogP contribution in [-0.4, -0.2) is 37.2 Å². The zero-order valence-electron chi connectivity index (χ0n) is 14.5. The first-order chi connectivity index (χ1) is 13.1. The molecule has 1 saturated carbocycles. The average Bonchev–Trinajstić information content (AvgIpc) is 3.42. The molecule has 7 nitrogen and oxygen atoms in total. The van der Waals surface area contributed by atoms with Crippen molar-refractivity contribution in [3.8, 4) is 17.2 Å². The van der Waals surface area contributed by atoms with Gasteiger partial charge in [-0.25, -0.2) is 13.8 Å². The Hall–Kier alpha value is -3.10. The molecule has 27 heavy (non-hydrogen) atoms. The fraction of sp³-hybridized carbons (Fsp3) is 0.333. The molecule has 1 aliphatic rings. The SMILES string of the molecule is O=C(NCC1CCCC1)c1nc(-c2nncn2-c2cccc(F)c2F)c[nH]1. The molecule has 2 aromatic heterocycles. The van der Waals surface area contributed by atoms with E-state index in [9.17, 15) is 13.6 Å². The maximum atomic E-state index is 14.1. The van der Waals surface area contributed by atoms with Crippen LogP contribution in [0.5, 0.6) is 0 Å². The maximum Gasteiger partial charge on any atom is 0.287 e. The largest absolute Gasteiger partial charge is 0.349 e. The lowest BCUT2D eigenvalue weighted by atomic mass is 10.1.